The number of hydrogen-bond acceptors (Lipinski definition) is 3. The van der Waals surface area contributed by atoms with Crippen molar-refractivity contribution < 1.29 is 9.53 Å². The Morgan fingerprint density at radius 2 is 2.05 bits per heavy atom. The summed E-state index contributed by atoms with van der Waals surface area (Å²) in [7, 11) is 0. The average Bonchev–Trinajstić information content (AvgIpc) is 2.82. The van der Waals surface area contributed by atoms with Crippen molar-refractivity contribution >= 4 is 23.2 Å². The van der Waals surface area contributed by atoms with Gasteiger partial charge < -0.3 is 15.8 Å². The molecule has 0 aromatic heterocycles. The molecule has 0 saturated heterocycles. The highest BCUT2D eigenvalue weighted by Crippen LogP contribution is 2.32. The quantitative estimate of drug-likeness (QED) is 0.835. The van der Waals surface area contributed by atoms with Crippen LogP contribution < -0.4 is 15.8 Å². The molecule has 20 heavy (non-hydrogen) atoms. The van der Waals surface area contributed by atoms with E-state index >= 15 is 0 Å². The Balaban J connectivity index is 1.85. The summed E-state index contributed by atoms with van der Waals surface area (Å²) in [5.74, 6) is 0.503. The highest BCUT2D eigenvalue weighted by Gasteiger charge is 2.26. The Morgan fingerprint density at radius 1 is 1.25 bits per heavy atom. The number of carbonyl (C=O) groups is 1. The monoisotopic (exact) mass is 288 g/mol. The van der Waals surface area contributed by atoms with Gasteiger partial charge in [-0.2, -0.15) is 0 Å². The van der Waals surface area contributed by atoms with Gasteiger partial charge in [0.25, 0.3) is 5.91 Å². The third-order valence-corrected chi connectivity index (χ3v) is 3.59. The van der Waals surface area contributed by atoms with E-state index in [9.17, 15) is 4.79 Å². The number of para-hydroxylation sites is 1. The van der Waals surface area contributed by atoms with Crippen LogP contribution in [-0.4, -0.2) is 12.5 Å². The first-order valence-electron chi connectivity index (χ1n) is 6.23. The van der Waals surface area contributed by atoms with Gasteiger partial charge in [-0.3, -0.25) is 4.79 Å². The molecular formula is C15H13ClN2O2. The number of benzene rings is 2. The van der Waals surface area contributed by atoms with Crippen LogP contribution in [0.15, 0.2) is 42.5 Å². The lowest BCUT2D eigenvalue weighted by Crippen LogP contribution is -2.30. The topological polar surface area (TPSA) is 64.4 Å². The molecule has 1 aliphatic heterocycles. The molecule has 0 bridgehead atoms. The largest absolute Gasteiger partial charge is 0.491 e. The summed E-state index contributed by atoms with van der Waals surface area (Å²) < 4.78 is 5.53. The zero-order chi connectivity index (χ0) is 14.1. The standard InChI is InChI=1S/C15H13ClN2O2/c16-10-5-3-6-11(17)14(10)15(19)18-12-8-20-13-7-2-1-4-9(12)13/h1-7,12H,8,17H2,(H,18,19). The molecule has 3 N–H and O–H groups in total. The third kappa shape index (κ3) is 2.18. The summed E-state index contributed by atoms with van der Waals surface area (Å²) in [6.07, 6.45) is 0. The molecular weight excluding hydrogens is 276 g/mol. The van der Waals surface area contributed by atoms with Gasteiger partial charge in [0.15, 0.2) is 0 Å². The summed E-state index contributed by atoms with van der Waals surface area (Å²) >= 11 is 6.04. The maximum absolute atomic E-state index is 12.3. The van der Waals surface area contributed by atoms with Gasteiger partial charge in [-0.1, -0.05) is 35.9 Å². The second-order valence-electron chi connectivity index (χ2n) is 4.58. The zero-order valence-electron chi connectivity index (χ0n) is 10.6. The van der Waals surface area contributed by atoms with Crippen LogP contribution in [0.2, 0.25) is 5.02 Å². The minimum absolute atomic E-state index is 0.186. The third-order valence-electron chi connectivity index (χ3n) is 3.28. The van der Waals surface area contributed by atoms with Gasteiger partial charge >= 0.3 is 0 Å². The van der Waals surface area contributed by atoms with Crippen molar-refractivity contribution in [2.24, 2.45) is 0 Å². The molecule has 0 fully saturated rings. The first-order valence-corrected chi connectivity index (χ1v) is 6.61. The van der Waals surface area contributed by atoms with E-state index in [-0.39, 0.29) is 11.9 Å². The lowest BCUT2D eigenvalue weighted by molar-refractivity contribution is 0.0931. The van der Waals surface area contributed by atoms with Gasteiger partial charge in [0.05, 0.1) is 16.6 Å². The Labute approximate surface area is 121 Å². The van der Waals surface area contributed by atoms with E-state index in [2.05, 4.69) is 5.32 Å². The van der Waals surface area contributed by atoms with Crippen molar-refractivity contribution in [3.8, 4) is 5.75 Å². The van der Waals surface area contributed by atoms with E-state index in [1.165, 1.54) is 0 Å². The van der Waals surface area contributed by atoms with Gasteiger partial charge in [0, 0.05) is 11.3 Å². The maximum Gasteiger partial charge on any atom is 0.255 e. The average molecular weight is 289 g/mol. The highest BCUT2D eigenvalue weighted by atomic mass is 35.5. The predicted octanol–water partition coefficient (Wildman–Crippen LogP) is 2.79. The van der Waals surface area contributed by atoms with E-state index in [4.69, 9.17) is 22.1 Å². The first kappa shape index (κ1) is 12.8. The molecule has 0 saturated carbocycles. The molecule has 1 amide bonds. The predicted molar refractivity (Wildman–Crippen MR) is 78.0 cm³/mol. The van der Waals surface area contributed by atoms with E-state index in [1.54, 1.807) is 18.2 Å². The van der Waals surface area contributed by atoms with Gasteiger partial charge in [0.2, 0.25) is 0 Å². The summed E-state index contributed by atoms with van der Waals surface area (Å²) in [6.45, 7) is 0.412. The molecule has 0 radical (unpaired) electrons. The Bertz CT molecular complexity index is 652. The lowest BCUT2D eigenvalue weighted by atomic mass is 10.1. The number of amides is 1. The number of anilines is 1. The van der Waals surface area contributed by atoms with Gasteiger partial charge in [0.1, 0.15) is 12.4 Å². The number of halogens is 1. The normalized spacial score (nSPS) is 16.4. The van der Waals surface area contributed by atoms with Crippen LogP contribution in [0.4, 0.5) is 5.69 Å². The van der Waals surface area contributed by atoms with Crippen molar-refractivity contribution in [2.75, 3.05) is 12.3 Å². The minimum Gasteiger partial charge on any atom is -0.491 e. The van der Waals surface area contributed by atoms with Crippen LogP contribution in [0.5, 0.6) is 5.75 Å². The van der Waals surface area contributed by atoms with E-state index in [1.807, 2.05) is 24.3 Å². The van der Waals surface area contributed by atoms with Crippen LogP contribution >= 0.6 is 11.6 Å². The zero-order valence-corrected chi connectivity index (χ0v) is 11.4. The van der Waals surface area contributed by atoms with Crippen LogP contribution in [-0.2, 0) is 0 Å². The lowest BCUT2D eigenvalue weighted by Gasteiger charge is -2.13. The Kier molecular flexibility index (Phi) is 3.24. The smallest absolute Gasteiger partial charge is 0.255 e. The molecule has 1 atom stereocenters. The summed E-state index contributed by atoms with van der Waals surface area (Å²) in [4.78, 5) is 12.3. The Morgan fingerprint density at radius 3 is 2.85 bits per heavy atom. The van der Waals surface area contributed by atoms with Crippen molar-refractivity contribution in [2.45, 2.75) is 6.04 Å². The number of carbonyl (C=O) groups excluding carboxylic acids is 1. The summed E-state index contributed by atoms with van der Waals surface area (Å²) in [6, 6.07) is 12.4. The van der Waals surface area contributed by atoms with Gasteiger partial charge in [-0.05, 0) is 18.2 Å². The van der Waals surface area contributed by atoms with Crippen LogP contribution in [0.3, 0.4) is 0 Å². The van der Waals surface area contributed by atoms with Crippen LogP contribution in [0, 0.1) is 0 Å². The van der Waals surface area contributed by atoms with Crippen LogP contribution in [0.1, 0.15) is 22.0 Å². The van der Waals surface area contributed by atoms with Crippen LogP contribution in [0.25, 0.3) is 0 Å². The molecule has 102 valence electrons. The molecule has 2 aromatic carbocycles. The molecule has 1 aliphatic rings. The van der Waals surface area contributed by atoms with E-state index in [0.717, 1.165) is 11.3 Å². The van der Waals surface area contributed by atoms with Gasteiger partial charge in [-0.25, -0.2) is 0 Å². The molecule has 2 aromatic rings. The molecule has 0 aliphatic carbocycles. The van der Waals surface area contributed by atoms with Crippen molar-refractivity contribution in [1.29, 1.82) is 0 Å². The van der Waals surface area contributed by atoms with Crippen molar-refractivity contribution in [3.63, 3.8) is 0 Å². The molecule has 1 heterocycles. The van der Waals surface area contributed by atoms with E-state index in [0.29, 0.717) is 22.9 Å². The molecule has 1 unspecified atom stereocenters. The number of nitrogens with two attached hydrogens (primary N) is 1. The number of hydrogen-bond donors (Lipinski definition) is 2. The van der Waals surface area contributed by atoms with E-state index < -0.39 is 0 Å². The summed E-state index contributed by atoms with van der Waals surface area (Å²) in [5, 5.41) is 3.25. The molecule has 3 rings (SSSR count). The fourth-order valence-corrected chi connectivity index (χ4v) is 2.56. The van der Waals surface area contributed by atoms with Gasteiger partial charge in [-0.15, -0.1) is 0 Å². The highest BCUT2D eigenvalue weighted by molar-refractivity contribution is 6.34. The molecule has 0 spiro atoms. The number of fused-ring (bicyclic) bond motifs is 1. The number of nitrogens with one attached hydrogen (secondary N) is 1. The number of nitrogen functional groups attached to an aromatic ring is 1. The Hall–Kier alpha value is -2.20. The number of rotatable bonds is 2. The second-order valence-corrected chi connectivity index (χ2v) is 4.99. The number of ether oxygens (including phenoxy) is 1. The fourth-order valence-electron chi connectivity index (χ4n) is 2.29. The maximum atomic E-state index is 12.3. The molecule has 4 nitrogen and oxygen atoms in total. The first-order chi connectivity index (χ1) is 9.66. The SMILES string of the molecule is Nc1cccc(Cl)c1C(=O)NC1COc2ccccc21. The fraction of sp³-hybridized carbons (Fsp3) is 0.133. The minimum atomic E-state index is -0.293. The second kappa shape index (κ2) is 5.06. The summed E-state index contributed by atoms with van der Waals surface area (Å²) in [5.41, 5.74) is 7.45. The molecule has 5 heteroatoms. The van der Waals surface area contributed by atoms with Crippen molar-refractivity contribution in [1.82, 2.24) is 5.32 Å². The van der Waals surface area contributed by atoms with Crippen molar-refractivity contribution in [3.05, 3.63) is 58.6 Å².